The van der Waals surface area contributed by atoms with Crippen LogP contribution < -0.4 is 4.74 Å². The molecule has 5 nitrogen and oxygen atoms in total. The van der Waals surface area contributed by atoms with Crippen molar-refractivity contribution in [2.24, 2.45) is 0 Å². The quantitative estimate of drug-likeness (QED) is 0.444. The number of benzene rings is 1. The fraction of sp³-hybridized carbons (Fsp3) is 0.400. The Morgan fingerprint density at radius 1 is 1.38 bits per heavy atom. The number of aromatic amines is 1. The largest absolute Gasteiger partial charge is 0.489 e. The monoisotopic (exact) mass is 415 g/mol. The van der Waals surface area contributed by atoms with Crippen LogP contribution in [0.25, 0.3) is 10.9 Å². The third kappa shape index (κ3) is 3.84. The molecule has 0 bridgehead atoms. The molecule has 0 amide bonds. The fourth-order valence-corrected chi connectivity index (χ4v) is 3.69. The number of H-pyrrole nitrogens is 1. The van der Waals surface area contributed by atoms with E-state index in [0.717, 1.165) is 47.1 Å². The molecule has 6 heteroatoms. The van der Waals surface area contributed by atoms with Gasteiger partial charge in [0.2, 0.25) is 5.78 Å². The summed E-state index contributed by atoms with van der Waals surface area (Å²) in [4.78, 5) is 17.6. The Kier molecular flexibility index (Phi) is 5.49. The average Bonchev–Trinajstić information content (AvgIpc) is 3.03. The molecule has 2 heterocycles. The molecule has 1 aliphatic rings. The minimum Gasteiger partial charge on any atom is -0.489 e. The molecule has 0 atom stereocenters. The highest BCUT2D eigenvalue weighted by atomic mass is 79.9. The summed E-state index contributed by atoms with van der Waals surface area (Å²) in [7, 11) is 0. The minimum absolute atomic E-state index is 0.0796. The van der Waals surface area contributed by atoms with Gasteiger partial charge >= 0.3 is 0 Å². The molecule has 1 aliphatic heterocycles. The van der Waals surface area contributed by atoms with Crippen LogP contribution in [0.5, 0.6) is 5.75 Å². The molecule has 0 spiro atoms. The first-order chi connectivity index (χ1) is 12.4. The Balaban J connectivity index is 1.78. The number of Topliss-reactive ketones (excluding diaryl/α,β-unsaturated/α-hetero) is 1. The van der Waals surface area contributed by atoms with Crippen LogP contribution in [-0.2, 0) is 0 Å². The number of piperidine rings is 1. The predicted molar refractivity (Wildman–Crippen MR) is 105 cm³/mol. The van der Waals surface area contributed by atoms with Crippen LogP contribution in [0, 0.1) is 11.3 Å². The van der Waals surface area contributed by atoms with Gasteiger partial charge in [-0.1, -0.05) is 6.58 Å². The summed E-state index contributed by atoms with van der Waals surface area (Å²) in [5.74, 6) is 0.390. The fourth-order valence-electron chi connectivity index (χ4n) is 3.25. The topological polar surface area (TPSA) is 69.1 Å². The molecule has 0 radical (unpaired) electrons. The summed E-state index contributed by atoms with van der Waals surface area (Å²) in [6.45, 7) is 10.0. The standard InChI is InChI=1S/C20H22BrN3O2/c1-12(2)24-6-4-15(5-7-24)26-19-9-14-8-18(20(25)13(3)11-22)23-17(14)10-16(19)21/h8-10,12,15,23H,3-7H2,1-2H3. The van der Waals surface area contributed by atoms with Gasteiger partial charge in [-0.05, 0) is 60.8 Å². The zero-order valence-electron chi connectivity index (χ0n) is 15.0. The third-order valence-electron chi connectivity index (χ3n) is 4.83. The Morgan fingerprint density at radius 3 is 2.69 bits per heavy atom. The molecule has 0 unspecified atom stereocenters. The Labute approximate surface area is 161 Å². The summed E-state index contributed by atoms with van der Waals surface area (Å²) in [5, 5.41) is 9.72. The molecule has 1 N–H and O–H groups in total. The van der Waals surface area contributed by atoms with Gasteiger partial charge in [-0.15, -0.1) is 0 Å². The number of rotatable bonds is 5. The first kappa shape index (κ1) is 18.7. The number of carbonyl (C=O) groups is 1. The summed E-state index contributed by atoms with van der Waals surface area (Å²) in [6.07, 6.45) is 2.19. The average molecular weight is 416 g/mol. The Morgan fingerprint density at radius 2 is 2.08 bits per heavy atom. The molecule has 0 aliphatic carbocycles. The van der Waals surface area contributed by atoms with Crippen molar-refractivity contribution in [3.05, 3.63) is 40.5 Å². The van der Waals surface area contributed by atoms with Gasteiger partial charge in [0.1, 0.15) is 17.9 Å². The van der Waals surface area contributed by atoms with Crippen LogP contribution >= 0.6 is 15.9 Å². The lowest BCUT2D eigenvalue weighted by Gasteiger charge is -2.34. The van der Waals surface area contributed by atoms with Gasteiger partial charge in [-0.3, -0.25) is 4.79 Å². The van der Waals surface area contributed by atoms with Gasteiger partial charge in [0.25, 0.3) is 0 Å². The number of likely N-dealkylation sites (tertiary alicyclic amines) is 1. The van der Waals surface area contributed by atoms with Crippen molar-refractivity contribution in [2.75, 3.05) is 13.1 Å². The molecular formula is C20H22BrN3O2. The van der Waals surface area contributed by atoms with E-state index in [9.17, 15) is 4.79 Å². The molecule has 1 saturated heterocycles. The maximum Gasteiger partial charge on any atom is 0.219 e. The first-order valence-electron chi connectivity index (χ1n) is 8.75. The highest BCUT2D eigenvalue weighted by Crippen LogP contribution is 2.33. The number of halogens is 1. The summed E-state index contributed by atoms with van der Waals surface area (Å²) < 4.78 is 7.06. The van der Waals surface area contributed by atoms with E-state index in [0.29, 0.717) is 11.7 Å². The maximum atomic E-state index is 12.1. The van der Waals surface area contributed by atoms with Crippen molar-refractivity contribution in [2.45, 2.75) is 38.8 Å². The summed E-state index contributed by atoms with van der Waals surface area (Å²) in [6, 6.07) is 7.93. The van der Waals surface area contributed by atoms with Gasteiger partial charge in [0, 0.05) is 30.0 Å². The van der Waals surface area contributed by atoms with E-state index in [-0.39, 0.29) is 17.5 Å². The van der Waals surface area contributed by atoms with Crippen molar-refractivity contribution in [3.63, 3.8) is 0 Å². The minimum atomic E-state index is -0.386. The van der Waals surface area contributed by atoms with Crippen LogP contribution in [0.4, 0.5) is 0 Å². The number of nitrogens with zero attached hydrogens (tertiary/aromatic N) is 2. The number of ether oxygens (including phenoxy) is 1. The molecule has 0 saturated carbocycles. The second kappa shape index (κ2) is 7.65. The second-order valence-electron chi connectivity index (χ2n) is 6.92. The van der Waals surface area contributed by atoms with Crippen LogP contribution in [-0.4, -0.2) is 40.9 Å². The lowest BCUT2D eigenvalue weighted by atomic mass is 10.1. The van der Waals surface area contributed by atoms with Gasteiger partial charge in [0.15, 0.2) is 0 Å². The van der Waals surface area contributed by atoms with Crippen LogP contribution in [0.2, 0.25) is 0 Å². The van der Waals surface area contributed by atoms with Crippen molar-refractivity contribution < 1.29 is 9.53 Å². The van der Waals surface area contributed by atoms with Crippen molar-refractivity contribution in [3.8, 4) is 11.8 Å². The number of ketones is 1. The maximum absolute atomic E-state index is 12.1. The number of fused-ring (bicyclic) bond motifs is 1. The summed E-state index contributed by atoms with van der Waals surface area (Å²) in [5.41, 5.74) is 1.10. The van der Waals surface area contributed by atoms with Gasteiger partial charge in [-0.2, -0.15) is 5.26 Å². The van der Waals surface area contributed by atoms with Crippen LogP contribution in [0.3, 0.4) is 0 Å². The highest BCUT2D eigenvalue weighted by molar-refractivity contribution is 9.10. The molecule has 136 valence electrons. The van der Waals surface area contributed by atoms with Crippen molar-refractivity contribution in [1.29, 1.82) is 5.26 Å². The highest BCUT2D eigenvalue weighted by Gasteiger charge is 2.23. The van der Waals surface area contributed by atoms with Crippen molar-refractivity contribution in [1.82, 2.24) is 9.88 Å². The third-order valence-corrected chi connectivity index (χ3v) is 5.45. The first-order valence-corrected chi connectivity index (χ1v) is 9.55. The molecule has 3 rings (SSSR count). The zero-order valence-corrected chi connectivity index (χ0v) is 16.6. The number of hydrogen-bond acceptors (Lipinski definition) is 4. The van der Waals surface area contributed by atoms with E-state index < -0.39 is 0 Å². The molecule has 26 heavy (non-hydrogen) atoms. The predicted octanol–water partition coefficient (Wildman–Crippen LogP) is 4.44. The van der Waals surface area contributed by atoms with Gasteiger partial charge < -0.3 is 14.6 Å². The molecule has 1 aromatic heterocycles. The van der Waals surface area contributed by atoms with Gasteiger partial charge in [-0.25, -0.2) is 0 Å². The lowest BCUT2D eigenvalue weighted by Crippen LogP contribution is -2.41. The van der Waals surface area contributed by atoms with E-state index in [1.54, 1.807) is 12.1 Å². The lowest BCUT2D eigenvalue weighted by molar-refractivity contribution is 0.0839. The summed E-state index contributed by atoms with van der Waals surface area (Å²) >= 11 is 3.56. The van der Waals surface area contributed by atoms with E-state index in [1.165, 1.54) is 0 Å². The Bertz CT molecular complexity index is 886. The number of allylic oxidation sites excluding steroid dienone is 1. The number of hydrogen-bond donors (Lipinski definition) is 1. The smallest absolute Gasteiger partial charge is 0.219 e. The zero-order chi connectivity index (χ0) is 18.8. The number of aromatic nitrogens is 1. The normalized spacial score (nSPS) is 16.0. The van der Waals surface area contributed by atoms with E-state index in [1.807, 2.05) is 12.1 Å². The van der Waals surface area contributed by atoms with E-state index in [2.05, 4.69) is 46.2 Å². The van der Waals surface area contributed by atoms with Crippen molar-refractivity contribution >= 4 is 32.6 Å². The van der Waals surface area contributed by atoms with E-state index in [4.69, 9.17) is 10.00 Å². The number of nitrogens with one attached hydrogen (secondary N) is 1. The van der Waals surface area contributed by atoms with Crippen LogP contribution in [0.1, 0.15) is 37.2 Å². The molecule has 2 aromatic rings. The SMILES string of the molecule is C=C(C#N)C(=O)c1cc2cc(OC3CCN(C(C)C)CC3)c(Br)cc2[nH]1. The Hall–Kier alpha value is -2.10. The molecule has 1 aromatic carbocycles. The van der Waals surface area contributed by atoms with Crippen LogP contribution in [0.15, 0.2) is 34.8 Å². The second-order valence-corrected chi connectivity index (χ2v) is 7.77. The molecular weight excluding hydrogens is 394 g/mol. The van der Waals surface area contributed by atoms with Gasteiger partial charge in [0.05, 0.1) is 15.7 Å². The number of carbonyl (C=O) groups excluding carboxylic acids is 1. The van der Waals surface area contributed by atoms with E-state index >= 15 is 0 Å². The number of nitriles is 1. The molecule has 1 fully saturated rings.